The Morgan fingerprint density at radius 1 is 1.00 bits per heavy atom. The first kappa shape index (κ1) is 24.6. The van der Waals surface area contributed by atoms with Crippen molar-refractivity contribution in [2.75, 3.05) is 39.8 Å². The summed E-state index contributed by atoms with van der Waals surface area (Å²) in [6.45, 7) is 6.37. The molecule has 1 atom stereocenters. The molecule has 7 heteroatoms. The molecule has 1 aliphatic rings. The van der Waals surface area contributed by atoms with Crippen LogP contribution in [-0.4, -0.2) is 66.3 Å². The molecule has 1 aliphatic heterocycles. The van der Waals surface area contributed by atoms with Crippen LogP contribution in [-0.2, 0) is 16.1 Å². The predicted molar refractivity (Wildman–Crippen MR) is 130 cm³/mol. The Hall–Kier alpha value is -2.08. The van der Waals surface area contributed by atoms with Gasteiger partial charge >= 0.3 is 0 Å². The van der Waals surface area contributed by atoms with Crippen molar-refractivity contribution in [1.29, 1.82) is 0 Å². The van der Waals surface area contributed by atoms with Crippen LogP contribution in [0.3, 0.4) is 0 Å². The molecule has 0 bridgehead atoms. The summed E-state index contributed by atoms with van der Waals surface area (Å²) in [6.07, 6.45) is 1.61. The highest BCUT2D eigenvalue weighted by Crippen LogP contribution is 2.30. The van der Waals surface area contributed by atoms with Crippen LogP contribution >= 0.6 is 23.2 Å². The summed E-state index contributed by atoms with van der Waals surface area (Å²) in [5.74, 6) is -0.0676. The molecule has 1 saturated heterocycles. The molecule has 5 nitrogen and oxygen atoms in total. The molecule has 3 rings (SSSR count). The van der Waals surface area contributed by atoms with Gasteiger partial charge in [0.1, 0.15) is 0 Å². The Kier molecular flexibility index (Phi) is 8.97. The minimum absolute atomic E-state index is 0.0774. The predicted octanol–water partition coefficient (Wildman–Crippen LogP) is 4.68. The number of hydrogen-bond acceptors (Lipinski definition) is 3. The number of rotatable bonds is 8. The minimum atomic E-state index is -0.281. The topological polar surface area (TPSA) is 43.9 Å². The van der Waals surface area contributed by atoms with Gasteiger partial charge in [-0.3, -0.25) is 14.5 Å². The summed E-state index contributed by atoms with van der Waals surface area (Å²) < 4.78 is 0. The Morgan fingerprint density at radius 3 is 2.31 bits per heavy atom. The third-order valence-electron chi connectivity index (χ3n) is 6.07. The largest absolute Gasteiger partial charge is 0.341 e. The lowest BCUT2D eigenvalue weighted by Gasteiger charge is -2.34. The van der Waals surface area contributed by atoms with Crippen molar-refractivity contribution in [3.63, 3.8) is 0 Å². The van der Waals surface area contributed by atoms with Crippen LogP contribution in [0.1, 0.15) is 36.8 Å². The summed E-state index contributed by atoms with van der Waals surface area (Å²) in [5.41, 5.74) is 1.99. The fraction of sp³-hybridized carbons (Fsp3) is 0.440. The Balaban J connectivity index is 1.65. The van der Waals surface area contributed by atoms with Gasteiger partial charge in [0.2, 0.25) is 11.8 Å². The van der Waals surface area contributed by atoms with E-state index in [0.29, 0.717) is 16.6 Å². The summed E-state index contributed by atoms with van der Waals surface area (Å²) in [7, 11) is 1.85. The average molecular weight is 476 g/mol. The van der Waals surface area contributed by atoms with Crippen LogP contribution < -0.4 is 0 Å². The molecule has 0 aromatic heterocycles. The van der Waals surface area contributed by atoms with Crippen LogP contribution in [0.15, 0.2) is 48.5 Å². The van der Waals surface area contributed by atoms with Crippen molar-refractivity contribution in [2.45, 2.75) is 32.2 Å². The number of carbonyl (C=O) groups is 2. The highest BCUT2D eigenvalue weighted by molar-refractivity contribution is 6.42. The van der Waals surface area contributed by atoms with E-state index in [2.05, 4.69) is 4.90 Å². The number of carbonyl (C=O) groups excluding carboxylic acids is 2. The summed E-state index contributed by atoms with van der Waals surface area (Å²) in [4.78, 5) is 31.0. The van der Waals surface area contributed by atoms with Crippen molar-refractivity contribution in [1.82, 2.24) is 14.7 Å². The maximum atomic E-state index is 13.4. The summed E-state index contributed by atoms with van der Waals surface area (Å²) in [6, 6.07) is 15.5. The number of hydrogen-bond donors (Lipinski definition) is 0. The molecular weight excluding hydrogens is 445 g/mol. The lowest BCUT2D eigenvalue weighted by Crippen LogP contribution is -2.48. The number of halogens is 2. The highest BCUT2D eigenvalue weighted by Gasteiger charge is 2.25. The Morgan fingerprint density at radius 2 is 1.69 bits per heavy atom. The first-order chi connectivity index (χ1) is 15.3. The zero-order valence-corrected chi connectivity index (χ0v) is 20.3. The second kappa shape index (κ2) is 11.7. The first-order valence-electron chi connectivity index (χ1n) is 11.1. The molecule has 0 radical (unpaired) electrons. The van der Waals surface area contributed by atoms with E-state index in [4.69, 9.17) is 23.2 Å². The zero-order valence-electron chi connectivity index (χ0n) is 18.8. The fourth-order valence-corrected chi connectivity index (χ4v) is 4.47. The molecule has 32 heavy (non-hydrogen) atoms. The van der Waals surface area contributed by atoms with Gasteiger partial charge in [0, 0.05) is 46.7 Å². The monoisotopic (exact) mass is 475 g/mol. The molecule has 0 N–H and O–H groups in total. The lowest BCUT2D eigenvalue weighted by molar-refractivity contribution is -0.132. The van der Waals surface area contributed by atoms with Gasteiger partial charge in [-0.1, -0.05) is 59.6 Å². The molecule has 2 amide bonds. The lowest BCUT2D eigenvalue weighted by atomic mass is 9.92. The molecule has 0 aliphatic carbocycles. The second-order valence-corrected chi connectivity index (χ2v) is 9.21. The zero-order chi connectivity index (χ0) is 23.1. The van der Waals surface area contributed by atoms with E-state index in [1.54, 1.807) is 17.9 Å². The van der Waals surface area contributed by atoms with Crippen LogP contribution in [0.25, 0.3) is 0 Å². The van der Waals surface area contributed by atoms with Crippen LogP contribution in [0.4, 0.5) is 0 Å². The van der Waals surface area contributed by atoms with Crippen molar-refractivity contribution >= 4 is 35.0 Å². The highest BCUT2D eigenvalue weighted by atomic mass is 35.5. The van der Waals surface area contributed by atoms with Crippen molar-refractivity contribution in [3.8, 4) is 0 Å². The van der Waals surface area contributed by atoms with Gasteiger partial charge in [0.25, 0.3) is 0 Å². The molecule has 0 spiro atoms. The van der Waals surface area contributed by atoms with Gasteiger partial charge in [-0.2, -0.15) is 0 Å². The molecule has 0 saturated carbocycles. The quantitative estimate of drug-likeness (QED) is 0.556. The average Bonchev–Trinajstić information content (AvgIpc) is 2.79. The van der Waals surface area contributed by atoms with E-state index in [-0.39, 0.29) is 17.7 Å². The summed E-state index contributed by atoms with van der Waals surface area (Å²) >= 11 is 12.4. The third kappa shape index (κ3) is 6.71. The van der Waals surface area contributed by atoms with Gasteiger partial charge < -0.3 is 9.80 Å². The normalized spacial score (nSPS) is 15.4. The molecule has 2 aromatic carbocycles. The van der Waals surface area contributed by atoms with E-state index >= 15 is 0 Å². The first-order valence-corrected chi connectivity index (χ1v) is 11.8. The number of nitrogens with zero attached hydrogens (tertiary/aromatic N) is 3. The van der Waals surface area contributed by atoms with Gasteiger partial charge in [-0.15, -0.1) is 0 Å². The van der Waals surface area contributed by atoms with Crippen LogP contribution in [0.5, 0.6) is 0 Å². The van der Waals surface area contributed by atoms with Gasteiger partial charge in [-0.25, -0.2) is 0 Å². The number of piperazine rings is 1. The second-order valence-electron chi connectivity index (χ2n) is 8.40. The Bertz CT molecular complexity index is 915. The van der Waals surface area contributed by atoms with Crippen molar-refractivity contribution in [2.24, 2.45) is 0 Å². The molecule has 1 unspecified atom stereocenters. The van der Waals surface area contributed by atoms with E-state index < -0.39 is 0 Å². The smallest absolute Gasteiger partial charge is 0.230 e. The van der Waals surface area contributed by atoms with Gasteiger partial charge in [0.05, 0.1) is 16.0 Å². The van der Waals surface area contributed by atoms with Gasteiger partial charge in [0.15, 0.2) is 0 Å². The number of amides is 2. The van der Waals surface area contributed by atoms with Crippen molar-refractivity contribution < 1.29 is 9.59 Å². The molecular formula is C25H31Cl2N3O2. The Labute approximate surface area is 200 Å². The van der Waals surface area contributed by atoms with E-state index in [1.165, 1.54) is 0 Å². The number of benzene rings is 2. The molecule has 2 aromatic rings. The summed E-state index contributed by atoms with van der Waals surface area (Å²) in [5, 5.41) is 0.954. The van der Waals surface area contributed by atoms with Crippen LogP contribution in [0, 0.1) is 0 Å². The van der Waals surface area contributed by atoms with E-state index in [0.717, 1.165) is 56.7 Å². The van der Waals surface area contributed by atoms with E-state index in [1.807, 2.05) is 54.4 Å². The maximum Gasteiger partial charge on any atom is 0.230 e. The SMILES string of the molecule is CC(=O)N1CCN(CCCC(C(=O)N(C)Cc2ccccc2)c2ccc(Cl)c(Cl)c2)CC1. The molecule has 1 heterocycles. The molecule has 172 valence electrons. The fourth-order valence-electron chi connectivity index (χ4n) is 4.17. The van der Waals surface area contributed by atoms with Crippen LogP contribution in [0.2, 0.25) is 10.0 Å². The molecule has 1 fully saturated rings. The minimum Gasteiger partial charge on any atom is -0.341 e. The van der Waals surface area contributed by atoms with Crippen molar-refractivity contribution in [3.05, 3.63) is 69.7 Å². The maximum absolute atomic E-state index is 13.4. The number of likely N-dealkylation sites (N-methyl/N-ethyl adjacent to an activating group) is 1. The van der Waals surface area contributed by atoms with E-state index in [9.17, 15) is 9.59 Å². The van der Waals surface area contributed by atoms with Gasteiger partial charge in [-0.05, 0) is 42.6 Å². The third-order valence-corrected chi connectivity index (χ3v) is 6.81. The standard InChI is InChI=1S/C25H31Cl2N3O2/c1-19(31)30-15-13-29(14-16-30)12-6-9-22(21-10-11-23(26)24(27)17-21)25(32)28(2)18-20-7-4-3-5-8-20/h3-5,7-8,10-11,17,22H,6,9,12-16,18H2,1-2H3.